The van der Waals surface area contributed by atoms with Gasteiger partial charge in [0.25, 0.3) is 5.91 Å². The van der Waals surface area contributed by atoms with E-state index >= 15 is 0 Å². The van der Waals surface area contributed by atoms with Crippen molar-refractivity contribution in [2.24, 2.45) is 0 Å². The minimum absolute atomic E-state index is 0.0192. The number of hydrogen-bond donors (Lipinski definition) is 2. The molecule has 1 heterocycles. The Morgan fingerprint density at radius 2 is 1.86 bits per heavy atom. The van der Waals surface area contributed by atoms with Crippen molar-refractivity contribution in [2.75, 3.05) is 5.32 Å². The Kier molecular flexibility index (Phi) is 4.68. The Labute approximate surface area is 132 Å². The van der Waals surface area contributed by atoms with Crippen molar-refractivity contribution < 1.29 is 18.3 Å². The molecule has 0 atom stereocenters. The highest BCUT2D eigenvalue weighted by Gasteiger charge is 2.27. The summed E-state index contributed by atoms with van der Waals surface area (Å²) in [6.45, 7) is 0. The highest BCUT2D eigenvalue weighted by Crippen LogP contribution is 2.26. The monoisotopic (exact) mass is 348 g/mol. The molecule has 0 spiro atoms. The van der Waals surface area contributed by atoms with Gasteiger partial charge in [-0.05, 0) is 30.3 Å². The van der Waals surface area contributed by atoms with Gasteiger partial charge in [0.15, 0.2) is 0 Å². The number of halogens is 4. The van der Waals surface area contributed by atoms with Crippen LogP contribution in [0.3, 0.4) is 0 Å². The number of carbonyl (C=O) groups is 1. The zero-order valence-electron chi connectivity index (χ0n) is 10.7. The molecule has 9 heteroatoms. The lowest BCUT2D eigenvalue weighted by atomic mass is 10.2. The van der Waals surface area contributed by atoms with Gasteiger partial charge in [-0.3, -0.25) is 9.59 Å². The van der Waals surface area contributed by atoms with Gasteiger partial charge in [-0.15, -0.1) is 8.78 Å². The predicted molar refractivity (Wildman–Crippen MR) is 77.9 cm³/mol. The standard InChI is InChI=1S/C13H8Cl2F2N2O3/c14-10-5-7(6-11(20)19-10)12(21)18-8-1-3-9(4-2-8)22-13(15,16)17/h1-6H,(H,18,21)(H,19,20). The second kappa shape index (κ2) is 6.33. The van der Waals surface area contributed by atoms with Crippen LogP contribution in [0.4, 0.5) is 14.5 Å². The van der Waals surface area contributed by atoms with Crippen LogP contribution in [0.25, 0.3) is 0 Å². The number of H-pyrrole nitrogens is 1. The summed E-state index contributed by atoms with van der Waals surface area (Å²) in [5.41, 5.74) is -3.97. The molecule has 0 saturated heterocycles. The van der Waals surface area contributed by atoms with Gasteiger partial charge in [0.1, 0.15) is 10.9 Å². The van der Waals surface area contributed by atoms with Crippen molar-refractivity contribution in [3.05, 3.63) is 57.5 Å². The topological polar surface area (TPSA) is 71.2 Å². The van der Waals surface area contributed by atoms with E-state index in [1.165, 1.54) is 30.3 Å². The molecular formula is C13H8Cl2F2N2O3. The minimum Gasteiger partial charge on any atom is -0.420 e. The summed E-state index contributed by atoms with van der Waals surface area (Å²) in [6.07, 6.45) is 0. The molecule has 2 rings (SSSR count). The lowest BCUT2D eigenvalue weighted by molar-refractivity contribution is -0.0964. The third kappa shape index (κ3) is 4.71. The van der Waals surface area contributed by atoms with Crippen LogP contribution >= 0.6 is 23.2 Å². The maximum atomic E-state index is 12.4. The molecule has 2 N–H and O–H groups in total. The molecule has 0 radical (unpaired) electrons. The molecule has 0 aliphatic carbocycles. The number of carbonyl (C=O) groups excluding carboxylic acids is 1. The molecule has 2 aromatic rings. The van der Waals surface area contributed by atoms with Gasteiger partial charge < -0.3 is 15.0 Å². The summed E-state index contributed by atoms with van der Waals surface area (Å²) in [6, 6.07) is 7.44. The quantitative estimate of drug-likeness (QED) is 0.656. The fourth-order valence-electron chi connectivity index (χ4n) is 1.58. The summed E-state index contributed by atoms with van der Waals surface area (Å²) in [5.74, 6) is -0.749. The number of rotatable bonds is 4. The number of ether oxygens (including phenoxy) is 1. The largest absolute Gasteiger partial charge is 0.487 e. The van der Waals surface area contributed by atoms with Crippen LogP contribution in [-0.2, 0) is 0 Å². The van der Waals surface area contributed by atoms with E-state index in [9.17, 15) is 18.4 Å². The van der Waals surface area contributed by atoms with E-state index in [1.54, 1.807) is 0 Å². The average molecular weight is 349 g/mol. The Hall–Kier alpha value is -2.12. The van der Waals surface area contributed by atoms with E-state index in [0.717, 1.165) is 6.07 Å². The SMILES string of the molecule is O=C(Nc1ccc(OC(F)(F)Cl)cc1)c1cc(Cl)[nH]c(=O)c1. The number of anilines is 1. The molecule has 0 aliphatic heterocycles. The number of aromatic nitrogens is 1. The summed E-state index contributed by atoms with van der Waals surface area (Å²) in [4.78, 5) is 25.5. The van der Waals surface area contributed by atoms with Crippen LogP contribution in [0.5, 0.6) is 5.75 Å². The normalized spacial score (nSPS) is 11.1. The van der Waals surface area contributed by atoms with E-state index in [-0.39, 0.29) is 16.5 Å². The first-order chi connectivity index (χ1) is 10.2. The zero-order valence-corrected chi connectivity index (χ0v) is 12.2. The first kappa shape index (κ1) is 16.3. The maximum absolute atomic E-state index is 12.4. The van der Waals surface area contributed by atoms with Crippen molar-refractivity contribution in [2.45, 2.75) is 5.57 Å². The summed E-state index contributed by atoms with van der Waals surface area (Å²) >= 11 is 10.3. The molecule has 1 aromatic carbocycles. The van der Waals surface area contributed by atoms with Crippen LogP contribution in [0, 0.1) is 0 Å². The Morgan fingerprint density at radius 1 is 1.23 bits per heavy atom. The molecule has 22 heavy (non-hydrogen) atoms. The summed E-state index contributed by atoms with van der Waals surface area (Å²) in [5, 5.41) is 2.50. The lowest BCUT2D eigenvalue weighted by Gasteiger charge is -2.11. The number of alkyl halides is 3. The number of aromatic amines is 1. The number of nitrogens with one attached hydrogen (secondary N) is 2. The lowest BCUT2D eigenvalue weighted by Crippen LogP contribution is -2.17. The second-order valence-corrected chi connectivity index (χ2v) is 4.95. The van der Waals surface area contributed by atoms with Crippen LogP contribution in [-0.4, -0.2) is 16.5 Å². The number of hydrogen-bond acceptors (Lipinski definition) is 3. The van der Waals surface area contributed by atoms with Gasteiger partial charge in [-0.25, -0.2) is 0 Å². The van der Waals surface area contributed by atoms with Gasteiger partial charge in [0, 0.05) is 28.9 Å². The Bertz CT molecular complexity index is 742. The van der Waals surface area contributed by atoms with Crippen LogP contribution in [0.2, 0.25) is 5.15 Å². The molecular weight excluding hydrogens is 341 g/mol. The minimum atomic E-state index is -3.81. The zero-order chi connectivity index (χ0) is 16.3. The molecule has 5 nitrogen and oxygen atoms in total. The molecule has 0 aliphatic rings. The molecule has 1 amide bonds. The van der Waals surface area contributed by atoms with E-state index in [4.69, 9.17) is 11.6 Å². The molecule has 0 saturated carbocycles. The fourth-order valence-corrected chi connectivity index (χ4v) is 1.88. The van der Waals surface area contributed by atoms with E-state index < -0.39 is 17.0 Å². The highest BCUT2D eigenvalue weighted by molar-refractivity contribution is 6.29. The van der Waals surface area contributed by atoms with Crippen LogP contribution < -0.4 is 15.6 Å². The van der Waals surface area contributed by atoms with E-state index in [1.807, 2.05) is 0 Å². The molecule has 116 valence electrons. The van der Waals surface area contributed by atoms with Crippen molar-refractivity contribution in [1.29, 1.82) is 0 Å². The van der Waals surface area contributed by atoms with Crippen molar-refractivity contribution in [1.82, 2.24) is 4.98 Å². The Balaban J connectivity index is 2.10. The smallest absolute Gasteiger partial charge is 0.420 e. The second-order valence-electron chi connectivity index (χ2n) is 4.11. The predicted octanol–water partition coefficient (Wildman–Crippen LogP) is 3.45. The van der Waals surface area contributed by atoms with Gasteiger partial charge in [-0.2, -0.15) is 0 Å². The van der Waals surface area contributed by atoms with Crippen LogP contribution in [0.1, 0.15) is 10.4 Å². The van der Waals surface area contributed by atoms with Gasteiger partial charge in [0.2, 0.25) is 5.56 Å². The van der Waals surface area contributed by atoms with Crippen molar-refractivity contribution in [3.8, 4) is 5.75 Å². The number of benzene rings is 1. The average Bonchev–Trinajstić information content (AvgIpc) is 2.38. The number of pyridine rings is 1. The Morgan fingerprint density at radius 3 is 2.41 bits per heavy atom. The van der Waals surface area contributed by atoms with Crippen LogP contribution in [0.15, 0.2) is 41.2 Å². The highest BCUT2D eigenvalue weighted by atomic mass is 35.5. The van der Waals surface area contributed by atoms with Gasteiger partial charge in [-0.1, -0.05) is 11.6 Å². The molecule has 0 unspecified atom stereocenters. The number of amides is 1. The molecule has 0 bridgehead atoms. The van der Waals surface area contributed by atoms with Gasteiger partial charge in [0.05, 0.1) is 0 Å². The van der Waals surface area contributed by atoms with Crippen molar-refractivity contribution in [3.63, 3.8) is 0 Å². The van der Waals surface area contributed by atoms with E-state index in [2.05, 4.69) is 26.6 Å². The first-order valence-corrected chi connectivity index (χ1v) is 6.55. The summed E-state index contributed by atoms with van der Waals surface area (Å²) in [7, 11) is 0. The third-order valence-electron chi connectivity index (χ3n) is 2.42. The van der Waals surface area contributed by atoms with Gasteiger partial charge >= 0.3 is 5.57 Å². The first-order valence-electron chi connectivity index (χ1n) is 5.80. The maximum Gasteiger partial charge on any atom is 0.487 e. The summed E-state index contributed by atoms with van der Waals surface area (Å²) < 4.78 is 29.0. The van der Waals surface area contributed by atoms with Crippen molar-refractivity contribution >= 4 is 34.8 Å². The fraction of sp³-hybridized carbons (Fsp3) is 0.0769. The third-order valence-corrected chi connectivity index (χ3v) is 2.70. The van der Waals surface area contributed by atoms with E-state index in [0.29, 0.717) is 5.69 Å². The molecule has 1 aromatic heterocycles. The molecule has 0 fully saturated rings.